The second kappa shape index (κ2) is 10.8. The number of anilines is 1. The lowest BCUT2D eigenvalue weighted by Crippen LogP contribution is -2.60. The summed E-state index contributed by atoms with van der Waals surface area (Å²) in [7, 11) is 1.60. The molecule has 1 atom stereocenters. The van der Waals surface area contributed by atoms with Gasteiger partial charge in [0.25, 0.3) is 11.8 Å². The van der Waals surface area contributed by atoms with Gasteiger partial charge in [-0.05, 0) is 50.2 Å². The number of hydrogen-bond acceptors (Lipinski definition) is 6. The highest BCUT2D eigenvalue weighted by atomic mass is 19.1. The van der Waals surface area contributed by atoms with Gasteiger partial charge in [-0.3, -0.25) is 19.5 Å². The van der Waals surface area contributed by atoms with E-state index in [9.17, 15) is 14.0 Å². The fraction of sp³-hybridized carbons (Fsp3) is 0.300. The Morgan fingerprint density at radius 3 is 2.67 bits per heavy atom. The number of rotatable bonds is 5. The van der Waals surface area contributed by atoms with E-state index >= 15 is 0 Å². The zero-order chi connectivity index (χ0) is 27.6. The molecule has 2 aliphatic heterocycles. The molecule has 39 heavy (non-hydrogen) atoms. The van der Waals surface area contributed by atoms with Crippen molar-refractivity contribution in [2.75, 3.05) is 31.6 Å². The van der Waals surface area contributed by atoms with Gasteiger partial charge in [-0.2, -0.15) is 0 Å². The molecule has 8 nitrogen and oxygen atoms in total. The molecule has 1 N–H and O–H groups in total. The average Bonchev–Trinajstić information content (AvgIpc) is 3.03. The van der Waals surface area contributed by atoms with Crippen LogP contribution in [0.2, 0.25) is 0 Å². The fourth-order valence-electron chi connectivity index (χ4n) is 4.36. The Balaban J connectivity index is 1.26. The number of alkyl halides is 1. The number of para-hydroxylation sites is 1. The Labute approximate surface area is 226 Å². The first kappa shape index (κ1) is 26.2. The lowest BCUT2D eigenvalue weighted by atomic mass is 9.95. The van der Waals surface area contributed by atoms with Crippen LogP contribution in [-0.4, -0.2) is 66.2 Å². The van der Waals surface area contributed by atoms with Crippen LogP contribution in [0.5, 0.6) is 17.2 Å². The van der Waals surface area contributed by atoms with E-state index in [1.54, 1.807) is 43.4 Å². The van der Waals surface area contributed by atoms with Crippen molar-refractivity contribution in [3.63, 3.8) is 0 Å². The summed E-state index contributed by atoms with van der Waals surface area (Å²) >= 11 is 0. The second-order valence-corrected chi connectivity index (χ2v) is 9.92. The van der Waals surface area contributed by atoms with Crippen molar-refractivity contribution >= 4 is 17.5 Å². The number of nitrogens with zero attached hydrogens (tertiary/aromatic N) is 3. The molecule has 0 unspecified atom stereocenters. The van der Waals surface area contributed by atoms with Crippen LogP contribution in [0.25, 0.3) is 0 Å². The van der Waals surface area contributed by atoms with Gasteiger partial charge in [0, 0.05) is 44.0 Å². The molecule has 9 heteroatoms. The van der Waals surface area contributed by atoms with Crippen LogP contribution in [0.3, 0.4) is 0 Å². The number of ether oxygens (including phenoxy) is 2. The number of aromatic nitrogens is 1. The van der Waals surface area contributed by atoms with Gasteiger partial charge in [0.15, 0.2) is 5.67 Å². The predicted octanol–water partition coefficient (Wildman–Crippen LogP) is 3.81. The Bertz CT molecular complexity index is 1440. The van der Waals surface area contributed by atoms with E-state index in [2.05, 4.69) is 22.1 Å². The number of benzene rings is 2. The summed E-state index contributed by atoms with van der Waals surface area (Å²) in [6.07, 6.45) is 1.47. The van der Waals surface area contributed by atoms with Gasteiger partial charge >= 0.3 is 0 Å². The highest BCUT2D eigenvalue weighted by molar-refractivity contribution is 6.03. The summed E-state index contributed by atoms with van der Waals surface area (Å²) in [5, 5.41) is 2.71. The Kier molecular flexibility index (Phi) is 7.22. The van der Waals surface area contributed by atoms with Crippen molar-refractivity contribution in [3.05, 3.63) is 78.1 Å². The van der Waals surface area contributed by atoms with Gasteiger partial charge in [-0.15, -0.1) is 0 Å². The lowest BCUT2D eigenvalue weighted by molar-refractivity contribution is -0.120. The zero-order valence-electron chi connectivity index (χ0n) is 22.0. The third-order valence-electron chi connectivity index (χ3n) is 6.67. The van der Waals surface area contributed by atoms with E-state index in [1.807, 2.05) is 36.9 Å². The maximum absolute atomic E-state index is 14.8. The maximum Gasteiger partial charge on any atom is 0.270 e. The molecule has 0 spiro atoms. The molecule has 0 aliphatic carbocycles. The monoisotopic (exact) mass is 528 g/mol. The first-order chi connectivity index (χ1) is 18.7. The minimum Gasteiger partial charge on any atom is -0.489 e. The Morgan fingerprint density at radius 1 is 1.15 bits per heavy atom. The van der Waals surface area contributed by atoms with Crippen LogP contribution in [0, 0.1) is 11.8 Å². The van der Waals surface area contributed by atoms with Crippen molar-refractivity contribution in [2.45, 2.75) is 31.6 Å². The summed E-state index contributed by atoms with van der Waals surface area (Å²) in [6, 6.07) is 16.8. The van der Waals surface area contributed by atoms with Crippen LogP contribution < -0.4 is 19.7 Å². The van der Waals surface area contributed by atoms with Crippen molar-refractivity contribution in [1.29, 1.82) is 0 Å². The number of pyridine rings is 1. The molecule has 0 bridgehead atoms. The largest absolute Gasteiger partial charge is 0.489 e. The predicted molar refractivity (Wildman–Crippen MR) is 145 cm³/mol. The maximum atomic E-state index is 14.8. The molecular formula is C30H29FN4O4. The average molecular weight is 529 g/mol. The van der Waals surface area contributed by atoms with Gasteiger partial charge < -0.3 is 19.7 Å². The minimum absolute atomic E-state index is 0.0637. The zero-order valence-corrected chi connectivity index (χ0v) is 22.0. The molecule has 1 saturated heterocycles. The number of hydrogen-bond donors (Lipinski definition) is 1. The van der Waals surface area contributed by atoms with Crippen LogP contribution in [0.15, 0.2) is 66.9 Å². The van der Waals surface area contributed by atoms with Crippen LogP contribution in [-0.2, 0) is 4.79 Å². The SMILES string of the molecule is CC(C)N1CC(F)(C#Cc2ccc3c(c2)N(C)C(=O)[C@@H](NC(=O)c2cc(Oc4ccccc4)ccn2)CO3)C1. The van der Waals surface area contributed by atoms with E-state index in [0.29, 0.717) is 28.5 Å². The van der Waals surface area contributed by atoms with Crippen LogP contribution in [0.1, 0.15) is 29.9 Å². The molecule has 1 fully saturated rings. The number of amides is 2. The first-order valence-electron chi connectivity index (χ1n) is 12.7. The Hall–Kier alpha value is -4.42. The molecule has 3 heterocycles. The summed E-state index contributed by atoms with van der Waals surface area (Å²) in [4.78, 5) is 33.8. The molecule has 2 aromatic carbocycles. The van der Waals surface area contributed by atoms with Gasteiger partial charge in [-0.25, -0.2) is 4.39 Å². The normalized spacial score (nSPS) is 18.1. The molecule has 2 aliphatic rings. The summed E-state index contributed by atoms with van der Waals surface area (Å²) in [6.45, 7) is 4.54. The van der Waals surface area contributed by atoms with Crippen LogP contribution in [0.4, 0.5) is 10.1 Å². The molecule has 200 valence electrons. The molecule has 0 radical (unpaired) electrons. The second-order valence-electron chi connectivity index (χ2n) is 9.92. The molecule has 5 rings (SSSR count). The molecular weight excluding hydrogens is 499 g/mol. The number of halogens is 1. The van der Waals surface area contributed by atoms with Gasteiger partial charge in [0.1, 0.15) is 35.6 Å². The van der Waals surface area contributed by atoms with Crippen molar-refractivity contribution in [2.24, 2.45) is 0 Å². The summed E-state index contributed by atoms with van der Waals surface area (Å²) in [5.74, 6) is 6.28. The van der Waals surface area contributed by atoms with Crippen molar-refractivity contribution in [3.8, 4) is 29.1 Å². The quantitative estimate of drug-likeness (QED) is 0.507. The number of fused-ring (bicyclic) bond motifs is 1. The lowest BCUT2D eigenvalue weighted by Gasteiger charge is -2.43. The van der Waals surface area contributed by atoms with Crippen LogP contribution >= 0.6 is 0 Å². The third-order valence-corrected chi connectivity index (χ3v) is 6.67. The number of carbonyl (C=O) groups is 2. The molecule has 3 aromatic rings. The van der Waals surface area contributed by atoms with Gasteiger partial charge in [0.2, 0.25) is 0 Å². The highest BCUT2D eigenvalue weighted by Gasteiger charge is 2.43. The van der Waals surface area contributed by atoms with E-state index in [-0.39, 0.29) is 37.3 Å². The minimum atomic E-state index is -1.54. The van der Waals surface area contributed by atoms with E-state index in [4.69, 9.17) is 9.47 Å². The standard InChI is InChI=1S/C30H29FN4O4/c1-20(2)35-18-30(31,19-35)13-11-21-9-10-27-26(15-21)34(3)29(37)25(17-38-27)33-28(36)24-16-23(12-14-32-24)39-22-7-5-4-6-8-22/h4-10,12,14-16,20,25H,17-19H2,1-3H3,(H,33,36)/t25-/m0/s1. The third kappa shape index (κ3) is 5.86. The Morgan fingerprint density at radius 2 is 1.92 bits per heavy atom. The molecule has 1 aromatic heterocycles. The molecule has 0 saturated carbocycles. The number of nitrogens with one attached hydrogen (secondary N) is 1. The van der Waals surface area contributed by atoms with E-state index in [1.165, 1.54) is 17.2 Å². The number of likely N-dealkylation sites (N-methyl/N-ethyl adjacent to an activating group) is 1. The fourth-order valence-corrected chi connectivity index (χ4v) is 4.36. The van der Waals surface area contributed by atoms with Crippen molar-refractivity contribution in [1.82, 2.24) is 15.2 Å². The smallest absolute Gasteiger partial charge is 0.270 e. The first-order valence-corrected chi connectivity index (χ1v) is 12.7. The van der Waals surface area contributed by atoms with E-state index in [0.717, 1.165) is 0 Å². The van der Waals surface area contributed by atoms with E-state index < -0.39 is 17.6 Å². The number of likely N-dealkylation sites (tertiary alicyclic amines) is 1. The summed E-state index contributed by atoms with van der Waals surface area (Å²) < 4.78 is 26.5. The topological polar surface area (TPSA) is 84.0 Å². The highest BCUT2D eigenvalue weighted by Crippen LogP contribution is 2.32. The van der Waals surface area contributed by atoms with Gasteiger partial charge in [0.05, 0.1) is 5.69 Å². The van der Waals surface area contributed by atoms with Crippen molar-refractivity contribution < 1.29 is 23.5 Å². The molecule has 2 amide bonds. The van der Waals surface area contributed by atoms with Gasteiger partial charge in [-0.1, -0.05) is 30.0 Å². The number of carbonyl (C=O) groups excluding carboxylic acids is 2. The summed E-state index contributed by atoms with van der Waals surface area (Å²) in [5.41, 5.74) is -0.378.